The fourth-order valence-electron chi connectivity index (χ4n) is 2.45. The Hall–Kier alpha value is -2.79. The number of hydrogen-bond donors (Lipinski definition) is 2. The molecule has 0 radical (unpaired) electrons. The van der Waals surface area contributed by atoms with Gasteiger partial charge in [0.15, 0.2) is 6.10 Å². The van der Waals surface area contributed by atoms with E-state index in [9.17, 15) is 4.79 Å². The van der Waals surface area contributed by atoms with Gasteiger partial charge in [-0.3, -0.25) is 4.79 Å². The molecule has 5 nitrogen and oxygen atoms in total. The number of benzene rings is 2. The van der Waals surface area contributed by atoms with Crippen LogP contribution in [0.2, 0.25) is 5.02 Å². The summed E-state index contributed by atoms with van der Waals surface area (Å²) in [6.07, 6.45) is 2.77. The number of para-hydroxylation sites is 1. The van der Waals surface area contributed by atoms with Crippen LogP contribution in [0.3, 0.4) is 0 Å². The summed E-state index contributed by atoms with van der Waals surface area (Å²) < 4.78 is 5.67. The highest BCUT2D eigenvalue weighted by Crippen LogP contribution is 2.22. The first-order valence-corrected chi connectivity index (χ1v) is 8.24. The van der Waals surface area contributed by atoms with E-state index in [2.05, 4.69) is 15.5 Å². The number of carbonyl (C=O) groups is 1. The molecule has 0 spiro atoms. The average Bonchev–Trinajstić information content (AvgIpc) is 3.00. The molecule has 3 aromatic rings. The lowest BCUT2D eigenvalue weighted by molar-refractivity contribution is -0.127. The zero-order chi connectivity index (χ0) is 17.8. The lowest BCUT2D eigenvalue weighted by Crippen LogP contribution is -2.33. The largest absolute Gasteiger partial charge is 0.481 e. The Labute approximate surface area is 150 Å². The van der Waals surface area contributed by atoms with Crippen LogP contribution in [0.5, 0.6) is 5.75 Å². The SMILES string of the molecule is Cc1cc(Cl)ccc1OC(C)C(=O)N/N=C\c1c[nH]c2ccccc12. The van der Waals surface area contributed by atoms with Gasteiger partial charge in [-0.15, -0.1) is 0 Å². The lowest BCUT2D eigenvalue weighted by Gasteiger charge is -2.14. The Balaban J connectivity index is 1.61. The fraction of sp³-hybridized carbons (Fsp3) is 0.158. The Bertz CT molecular complexity index is 933. The molecule has 128 valence electrons. The zero-order valence-electron chi connectivity index (χ0n) is 13.9. The van der Waals surface area contributed by atoms with Crippen molar-refractivity contribution in [3.63, 3.8) is 0 Å². The van der Waals surface area contributed by atoms with Gasteiger partial charge in [0, 0.05) is 27.7 Å². The van der Waals surface area contributed by atoms with Crippen molar-refractivity contribution in [2.24, 2.45) is 5.10 Å². The van der Waals surface area contributed by atoms with Crippen molar-refractivity contribution in [3.05, 3.63) is 64.8 Å². The molecule has 0 saturated carbocycles. The van der Waals surface area contributed by atoms with E-state index in [1.165, 1.54) is 0 Å². The predicted octanol–water partition coefficient (Wildman–Crippen LogP) is 4.05. The summed E-state index contributed by atoms with van der Waals surface area (Å²) in [5.41, 5.74) is 5.29. The third kappa shape index (κ3) is 4.00. The zero-order valence-corrected chi connectivity index (χ0v) is 14.7. The molecular weight excluding hydrogens is 338 g/mol. The minimum absolute atomic E-state index is 0.328. The van der Waals surface area contributed by atoms with E-state index in [-0.39, 0.29) is 5.91 Å². The summed E-state index contributed by atoms with van der Waals surface area (Å²) in [5, 5.41) is 5.69. The van der Waals surface area contributed by atoms with Crippen LogP contribution in [0.1, 0.15) is 18.1 Å². The predicted molar refractivity (Wildman–Crippen MR) is 100 cm³/mol. The van der Waals surface area contributed by atoms with E-state index in [4.69, 9.17) is 16.3 Å². The second kappa shape index (κ2) is 7.40. The van der Waals surface area contributed by atoms with Crippen molar-refractivity contribution in [1.82, 2.24) is 10.4 Å². The number of amides is 1. The van der Waals surface area contributed by atoms with Crippen molar-refractivity contribution < 1.29 is 9.53 Å². The summed E-state index contributed by atoms with van der Waals surface area (Å²) in [6, 6.07) is 13.1. The lowest BCUT2D eigenvalue weighted by atomic mass is 10.2. The number of aromatic nitrogens is 1. The summed E-state index contributed by atoms with van der Waals surface area (Å²) in [5.74, 6) is 0.290. The maximum absolute atomic E-state index is 12.1. The molecule has 6 heteroatoms. The number of carbonyl (C=O) groups excluding carboxylic acids is 1. The Morgan fingerprint density at radius 2 is 2.12 bits per heavy atom. The van der Waals surface area contributed by atoms with Crippen LogP contribution >= 0.6 is 11.6 Å². The van der Waals surface area contributed by atoms with E-state index >= 15 is 0 Å². The smallest absolute Gasteiger partial charge is 0.280 e. The van der Waals surface area contributed by atoms with Gasteiger partial charge in [0.2, 0.25) is 0 Å². The van der Waals surface area contributed by atoms with Crippen LogP contribution in [-0.2, 0) is 4.79 Å². The number of hydrazone groups is 1. The van der Waals surface area contributed by atoms with E-state index in [0.717, 1.165) is 22.0 Å². The van der Waals surface area contributed by atoms with E-state index in [1.54, 1.807) is 31.3 Å². The minimum Gasteiger partial charge on any atom is -0.481 e. The highest BCUT2D eigenvalue weighted by Gasteiger charge is 2.15. The van der Waals surface area contributed by atoms with Crippen LogP contribution < -0.4 is 10.2 Å². The van der Waals surface area contributed by atoms with E-state index < -0.39 is 6.10 Å². The summed E-state index contributed by atoms with van der Waals surface area (Å²) in [4.78, 5) is 15.3. The number of rotatable bonds is 5. The van der Waals surface area contributed by atoms with Gasteiger partial charge in [-0.2, -0.15) is 5.10 Å². The number of hydrogen-bond acceptors (Lipinski definition) is 3. The molecular formula is C19H18ClN3O2. The van der Waals surface area contributed by atoms with Gasteiger partial charge in [-0.05, 0) is 43.7 Å². The molecule has 0 aliphatic heterocycles. The van der Waals surface area contributed by atoms with Crippen LogP contribution in [0.15, 0.2) is 53.8 Å². The molecule has 0 aliphatic carbocycles. The standard InChI is InChI=1S/C19H18ClN3O2/c1-12-9-15(20)7-8-18(12)25-13(2)19(24)23-22-11-14-10-21-17-6-4-3-5-16(14)17/h3-11,13,21H,1-2H3,(H,23,24)/b22-11-. The van der Waals surface area contributed by atoms with Crippen molar-refractivity contribution in [1.29, 1.82) is 0 Å². The third-order valence-corrected chi connectivity index (χ3v) is 4.04. The first-order chi connectivity index (χ1) is 12.0. The van der Waals surface area contributed by atoms with E-state index in [0.29, 0.717) is 10.8 Å². The molecule has 2 aromatic carbocycles. The number of ether oxygens (including phenoxy) is 1. The Morgan fingerprint density at radius 3 is 2.92 bits per heavy atom. The van der Waals surface area contributed by atoms with Gasteiger partial charge in [0.25, 0.3) is 5.91 Å². The van der Waals surface area contributed by atoms with E-state index in [1.807, 2.05) is 37.4 Å². The number of aryl methyl sites for hydroxylation is 1. The average molecular weight is 356 g/mol. The van der Waals surface area contributed by atoms with Crippen molar-refractivity contribution in [2.75, 3.05) is 0 Å². The molecule has 1 amide bonds. The number of nitrogens with one attached hydrogen (secondary N) is 2. The van der Waals surface area contributed by atoms with Gasteiger partial charge in [0.05, 0.1) is 6.21 Å². The molecule has 0 bridgehead atoms. The van der Waals surface area contributed by atoms with Gasteiger partial charge in [0.1, 0.15) is 5.75 Å². The normalized spacial score (nSPS) is 12.4. The molecule has 3 rings (SSSR count). The van der Waals surface area contributed by atoms with Crippen molar-refractivity contribution in [2.45, 2.75) is 20.0 Å². The second-order valence-corrected chi connectivity index (χ2v) is 6.13. The first-order valence-electron chi connectivity index (χ1n) is 7.86. The molecule has 1 heterocycles. The molecule has 1 atom stereocenters. The monoisotopic (exact) mass is 355 g/mol. The summed E-state index contributed by atoms with van der Waals surface area (Å²) >= 11 is 5.92. The van der Waals surface area contributed by atoms with Gasteiger partial charge in [-0.1, -0.05) is 29.8 Å². The first kappa shape index (κ1) is 17.0. The van der Waals surface area contributed by atoms with Gasteiger partial charge < -0.3 is 9.72 Å². The highest BCUT2D eigenvalue weighted by atomic mass is 35.5. The Morgan fingerprint density at radius 1 is 1.32 bits per heavy atom. The molecule has 0 fully saturated rings. The van der Waals surface area contributed by atoms with Crippen LogP contribution in [-0.4, -0.2) is 23.2 Å². The van der Waals surface area contributed by atoms with Crippen LogP contribution in [0.25, 0.3) is 10.9 Å². The maximum Gasteiger partial charge on any atom is 0.280 e. The second-order valence-electron chi connectivity index (χ2n) is 5.69. The van der Waals surface area contributed by atoms with Gasteiger partial charge >= 0.3 is 0 Å². The maximum atomic E-state index is 12.1. The minimum atomic E-state index is -0.681. The molecule has 0 aliphatic rings. The van der Waals surface area contributed by atoms with Gasteiger partial charge in [-0.25, -0.2) is 5.43 Å². The quantitative estimate of drug-likeness (QED) is 0.535. The van der Waals surface area contributed by atoms with Crippen LogP contribution in [0.4, 0.5) is 0 Å². The van der Waals surface area contributed by atoms with Crippen LogP contribution in [0, 0.1) is 6.92 Å². The molecule has 25 heavy (non-hydrogen) atoms. The number of halogens is 1. The number of fused-ring (bicyclic) bond motifs is 1. The third-order valence-electron chi connectivity index (χ3n) is 3.81. The molecule has 0 saturated heterocycles. The summed E-state index contributed by atoms with van der Waals surface area (Å²) in [6.45, 7) is 3.55. The Kier molecular flexibility index (Phi) is 5.05. The topological polar surface area (TPSA) is 66.5 Å². The van der Waals surface area contributed by atoms with Crippen molar-refractivity contribution >= 4 is 34.6 Å². The molecule has 1 aromatic heterocycles. The molecule has 1 unspecified atom stereocenters. The number of nitrogens with zero attached hydrogens (tertiary/aromatic N) is 1. The fourth-order valence-corrected chi connectivity index (χ4v) is 2.67. The number of aromatic amines is 1. The molecule has 2 N–H and O–H groups in total. The summed E-state index contributed by atoms with van der Waals surface area (Å²) in [7, 11) is 0. The number of H-pyrrole nitrogens is 1. The highest BCUT2D eigenvalue weighted by molar-refractivity contribution is 6.30. The van der Waals surface area contributed by atoms with Crippen molar-refractivity contribution in [3.8, 4) is 5.75 Å².